The lowest BCUT2D eigenvalue weighted by Crippen LogP contribution is -1.91. The van der Waals surface area contributed by atoms with Gasteiger partial charge in [-0.15, -0.1) is 0 Å². The van der Waals surface area contributed by atoms with Crippen molar-refractivity contribution in [2.75, 3.05) is 0 Å². The summed E-state index contributed by atoms with van der Waals surface area (Å²) >= 11 is 0. The Morgan fingerprint density at radius 2 is 0.922 bits per heavy atom. The largest absolute Gasteiger partial charge is 0.0622 e. The summed E-state index contributed by atoms with van der Waals surface area (Å²) in [5.41, 5.74) is 15.5. The third-order valence-corrected chi connectivity index (χ3v) is 10.7. The van der Waals surface area contributed by atoms with Gasteiger partial charge < -0.3 is 0 Å². The standard InChI is InChI=1S/C51H34/c1-3-12-34(13-4-1)40-27-28-42-32-47(50(48(42)31-40)38-15-5-2-6-16-38)37-25-23-36(24-26-37)44-20-11-21-46-49(44)33-41-18-9-10-19-45(41)51(46)43-29-22-35-14-7-8-17-39(35)30-43/h1-31,33H,32H2. The van der Waals surface area contributed by atoms with E-state index in [1.54, 1.807) is 0 Å². The van der Waals surface area contributed by atoms with Crippen LogP contribution in [0.3, 0.4) is 0 Å². The highest BCUT2D eigenvalue weighted by Crippen LogP contribution is 2.45. The van der Waals surface area contributed by atoms with E-state index in [2.05, 4.69) is 194 Å². The molecule has 1 aliphatic carbocycles. The Hall–Kier alpha value is -6.50. The van der Waals surface area contributed by atoms with E-state index in [9.17, 15) is 0 Å². The van der Waals surface area contributed by atoms with Crippen LogP contribution in [-0.4, -0.2) is 0 Å². The predicted molar refractivity (Wildman–Crippen MR) is 218 cm³/mol. The molecule has 0 spiro atoms. The number of fused-ring (bicyclic) bond motifs is 4. The molecule has 0 saturated heterocycles. The molecule has 0 radical (unpaired) electrons. The number of allylic oxidation sites excluding steroid dienone is 1. The molecule has 0 amide bonds. The summed E-state index contributed by atoms with van der Waals surface area (Å²) in [6.07, 6.45) is 0.920. The van der Waals surface area contributed by atoms with Crippen LogP contribution >= 0.6 is 0 Å². The summed E-state index contributed by atoms with van der Waals surface area (Å²) in [6.45, 7) is 0. The smallest absolute Gasteiger partial charge is 0.000727 e. The molecule has 0 heterocycles. The molecule has 0 fully saturated rings. The van der Waals surface area contributed by atoms with Gasteiger partial charge in [0, 0.05) is 0 Å². The molecule has 0 aromatic heterocycles. The third kappa shape index (κ3) is 5.07. The summed E-state index contributed by atoms with van der Waals surface area (Å²) in [5.74, 6) is 0. The van der Waals surface area contributed by atoms with Crippen LogP contribution < -0.4 is 0 Å². The van der Waals surface area contributed by atoms with E-state index in [1.165, 1.54) is 99.1 Å². The van der Waals surface area contributed by atoms with Crippen LogP contribution in [-0.2, 0) is 6.42 Å². The summed E-state index contributed by atoms with van der Waals surface area (Å²) in [4.78, 5) is 0. The highest BCUT2D eigenvalue weighted by Gasteiger charge is 2.25. The molecule has 0 aliphatic heterocycles. The third-order valence-electron chi connectivity index (χ3n) is 10.7. The fraction of sp³-hybridized carbons (Fsp3) is 0.0196. The minimum Gasteiger partial charge on any atom is -0.0622 e. The van der Waals surface area contributed by atoms with Crippen molar-refractivity contribution < 1.29 is 0 Å². The van der Waals surface area contributed by atoms with Gasteiger partial charge in [0.05, 0.1) is 0 Å². The topological polar surface area (TPSA) is 0 Å². The molecule has 0 N–H and O–H groups in total. The zero-order valence-electron chi connectivity index (χ0n) is 28.2. The Kier molecular flexibility index (Phi) is 6.99. The molecule has 9 aromatic rings. The zero-order valence-corrected chi connectivity index (χ0v) is 28.2. The maximum Gasteiger partial charge on any atom is -0.000727 e. The minimum absolute atomic E-state index is 0.920. The lowest BCUT2D eigenvalue weighted by Gasteiger charge is -2.16. The molecule has 1 aliphatic rings. The Bertz CT molecular complexity index is 2790. The highest BCUT2D eigenvalue weighted by atomic mass is 14.3. The van der Waals surface area contributed by atoms with Crippen LogP contribution in [0.4, 0.5) is 0 Å². The lowest BCUT2D eigenvalue weighted by atomic mass is 9.87. The molecule has 0 saturated carbocycles. The van der Waals surface area contributed by atoms with Gasteiger partial charge in [-0.2, -0.15) is 0 Å². The van der Waals surface area contributed by atoms with E-state index in [0.717, 1.165) is 6.42 Å². The molecule has 0 atom stereocenters. The number of rotatable bonds is 5. The lowest BCUT2D eigenvalue weighted by molar-refractivity contribution is 1.32. The van der Waals surface area contributed by atoms with Crippen molar-refractivity contribution in [3.8, 4) is 33.4 Å². The summed E-state index contributed by atoms with van der Waals surface area (Å²) in [5, 5.41) is 7.62. The van der Waals surface area contributed by atoms with Gasteiger partial charge in [-0.25, -0.2) is 0 Å². The van der Waals surface area contributed by atoms with Crippen molar-refractivity contribution in [3.63, 3.8) is 0 Å². The van der Waals surface area contributed by atoms with Crippen LogP contribution in [0.25, 0.3) is 76.8 Å². The molecule has 51 heavy (non-hydrogen) atoms. The molecular weight excluding hydrogens is 613 g/mol. The maximum atomic E-state index is 2.39. The maximum absolute atomic E-state index is 2.39. The Morgan fingerprint density at radius 1 is 0.294 bits per heavy atom. The first kappa shape index (κ1) is 29.4. The highest BCUT2D eigenvalue weighted by molar-refractivity contribution is 6.16. The Morgan fingerprint density at radius 3 is 1.73 bits per heavy atom. The van der Waals surface area contributed by atoms with Crippen LogP contribution in [0.1, 0.15) is 22.3 Å². The van der Waals surface area contributed by atoms with Crippen molar-refractivity contribution in [2.24, 2.45) is 0 Å². The minimum atomic E-state index is 0.920. The van der Waals surface area contributed by atoms with Gasteiger partial charge in [0.1, 0.15) is 0 Å². The van der Waals surface area contributed by atoms with Crippen molar-refractivity contribution in [3.05, 3.63) is 216 Å². The average molecular weight is 647 g/mol. The first-order valence-corrected chi connectivity index (χ1v) is 17.8. The Balaban J connectivity index is 1.11. The second kappa shape index (κ2) is 12.1. The number of hydrogen-bond donors (Lipinski definition) is 0. The van der Waals surface area contributed by atoms with Gasteiger partial charge in [-0.3, -0.25) is 0 Å². The van der Waals surface area contributed by atoms with E-state index in [-0.39, 0.29) is 0 Å². The molecule has 0 heteroatoms. The van der Waals surface area contributed by atoms with Crippen molar-refractivity contribution in [2.45, 2.75) is 6.42 Å². The number of benzene rings is 9. The number of hydrogen-bond acceptors (Lipinski definition) is 0. The van der Waals surface area contributed by atoms with E-state index in [1.807, 2.05) is 0 Å². The van der Waals surface area contributed by atoms with E-state index >= 15 is 0 Å². The van der Waals surface area contributed by atoms with E-state index in [0.29, 0.717) is 0 Å². The van der Waals surface area contributed by atoms with Crippen molar-refractivity contribution in [1.29, 1.82) is 0 Å². The average Bonchev–Trinajstić information content (AvgIpc) is 3.59. The summed E-state index contributed by atoms with van der Waals surface area (Å²) in [7, 11) is 0. The summed E-state index contributed by atoms with van der Waals surface area (Å²) < 4.78 is 0. The monoisotopic (exact) mass is 646 g/mol. The zero-order chi connectivity index (χ0) is 33.7. The second-order valence-corrected chi connectivity index (χ2v) is 13.6. The molecule has 238 valence electrons. The summed E-state index contributed by atoms with van der Waals surface area (Å²) in [6, 6.07) is 71.4. The van der Waals surface area contributed by atoms with Crippen LogP contribution in [0.15, 0.2) is 194 Å². The fourth-order valence-electron chi connectivity index (χ4n) is 8.24. The van der Waals surface area contributed by atoms with Gasteiger partial charge in [-0.05, 0) is 124 Å². The SMILES string of the molecule is c1ccc(C2=C(c3ccc(-c4cccc5c(-c6ccc7ccccc7c6)c6ccccc6cc45)cc3)Cc3ccc(-c4ccccc4)cc32)cc1. The molecule has 9 aromatic carbocycles. The van der Waals surface area contributed by atoms with Crippen LogP contribution in [0.2, 0.25) is 0 Å². The molecule has 0 bridgehead atoms. The Labute approximate surface area is 298 Å². The normalized spacial score (nSPS) is 12.5. The van der Waals surface area contributed by atoms with Gasteiger partial charge in [-0.1, -0.05) is 176 Å². The molecular formula is C51H34. The van der Waals surface area contributed by atoms with Gasteiger partial charge in [0.25, 0.3) is 0 Å². The van der Waals surface area contributed by atoms with Crippen LogP contribution in [0, 0.1) is 0 Å². The molecule has 0 nitrogen and oxygen atoms in total. The van der Waals surface area contributed by atoms with Gasteiger partial charge in [0.2, 0.25) is 0 Å². The van der Waals surface area contributed by atoms with Gasteiger partial charge >= 0.3 is 0 Å². The first-order valence-electron chi connectivity index (χ1n) is 17.8. The second-order valence-electron chi connectivity index (χ2n) is 13.6. The first-order chi connectivity index (χ1) is 25.3. The quantitative estimate of drug-likeness (QED) is 0.163. The van der Waals surface area contributed by atoms with Crippen molar-refractivity contribution >= 4 is 43.5 Å². The molecule has 0 unspecified atom stereocenters. The predicted octanol–water partition coefficient (Wildman–Crippen LogP) is 13.7. The van der Waals surface area contributed by atoms with Gasteiger partial charge in [0.15, 0.2) is 0 Å². The van der Waals surface area contributed by atoms with E-state index in [4.69, 9.17) is 0 Å². The van der Waals surface area contributed by atoms with Crippen molar-refractivity contribution in [1.82, 2.24) is 0 Å². The van der Waals surface area contributed by atoms with E-state index < -0.39 is 0 Å². The van der Waals surface area contributed by atoms with Crippen LogP contribution in [0.5, 0.6) is 0 Å². The molecule has 10 rings (SSSR count). The fourth-order valence-corrected chi connectivity index (χ4v) is 8.24.